The van der Waals surface area contributed by atoms with Crippen LogP contribution in [-0.4, -0.2) is 43.3 Å². The van der Waals surface area contributed by atoms with Crippen LogP contribution in [0.5, 0.6) is 0 Å². The van der Waals surface area contributed by atoms with E-state index >= 15 is 0 Å². The van der Waals surface area contributed by atoms with Gasteiger partial charge in [0.1, 0.15) is 0 Å². The summed E-state index contributed by atoms with van der Waals surface area (Å²) in [5, 5.41) is 3.51. The molecule has 1 fully saturated rings. The summed E-state index contributed by atoms with van der Waals surface area (Å²) < 4.78 is 5.59. The van der Waals surface area contributed by atoms with Crippen molar-refractivity contribution in [2.24, 2.45) is 0 Å². The molecule has 0 bridgehead atoms. The van der Waals surface area contributed by atoms with Crippen LogP contribution in [-0.2, 0) is 11.3 Å². The van der Waals surface area contributed by atoms with Gasteiger partial charge >= 0.3 is 0 Å². The van der Waals surface area contributed by atoms with Crippen LogP contribution in [0.4, 0.5) is 0 Å². The summed E-state index contributed by atoms with van der Waals surface area (Å²) in [5.74, 6) is 0.560. The highest BCUT2D eigenvalue weighted by atomic mass is 16.5. The van der Waals surface area contributed by atoms with Gasteiger partial charge in [-0.2, -0.15) is 0 Å². The van der Waals surface area contributed by atoms with Gasteiger partial charge in [0, 0.05) is 32.2 Å². The Hall–Kier alpha value is -0.900. The maximum absolute atomic E-state index is 5.59. The van der Waals surface area contributed by atoms with Crippen molar-refractivity contribution in [2.75, 3.05) is 26.2 Å². The maximum atomic E-state index is 5.59. The van der Waals surface area contributed by atoms with E-state index in [4.69, 9.17) is 4.74 Å². The van der Waals surface area contributed by atoms with Crippen LogP contribution in [0.2, 0.25) is 0 Å². The first-order chi connectivity index (χ1) is 10.0. The average Bonchev–Trinajstić information content (AvgIpc) is 2.45. The quantitative estimate of drug-likeness (QED) is 0.871. The van der Waals surface area contributed by atoms with E-state index in [0.29, 0.717) is 18.1 Å². The molecule has 0 saturated carbocycles. The molecule has 2 unspecified atom stereocenters. The lowest BCUT2D eigenvalue weighted by molar-refractivity contribution is -0.0212. The predicted molar refractivity (Wildman–Crippen MR) is 88.7 cm³/mol. The summed E-state index contributed by atoms with van der Waals surface area (Å²) in [7, 11) is 0. The van der Waals surface area contributed by atoms with Crippen LogP contribution in [0.3, 0.4) is 0 Å². The Morgan fingerprint density at radius 1 is 1.24 bits per heavy atom. The summed E-state index contributed by atoms with van der Waals surface area (Å²) in [5.41, 5.74) is 2.82. The van der Waals surface area contributed by atoms with Gasteiger partial charge in [0.05, 0.1) is 12.7 Å². The fourth-order valence-electron chi connectivity index (χ4n) is 2.77. The van der Waals surface area contributed by atoms with Crippen LogP contribution in [0.15, 0.2) is 24.3 Å². The van der Waals surface area contributed by atoms with Crippen LogP contribution >= 0.6 is 0 Å². The number of morpholine rings is 1. The van der Waals surface area contributed by atoms with E-state index in [2.05, 4.69) is 62.2 Å². The lowest BCUT2D eigenvalue weighted by atomic mass is 9.99. The van der Waals surface area contributed by atoms with Crippen molar-refractivity contribution in [2.45, 2.75) is 52.3 Å². The number of rotatable bonds is 6. The van der Waals surface area contributed by atoms with E-state index in [9.17, 15) is 0 Å². The smallest absolute Gasteiger partial charge is 0.0674 e. The molecule has 118 valence electrons. The Morgan fingerprint density at radius 2 is 1.95 bits per heavy atom. The van der Waals surface area contributed by atoms with Crippen LogP contribution in [0, 0.1) is 0 Å². The molecule has 1 aromatic rings. The highest BCUT2D eigenvalue weighted by Crippen LogP contribution is 2.17. The third-order valence-corrected chi connectivity index (χ3v) is 4.11. The number of nitrogens with one attached hydrogen (secondary N) is 1. The Labute approximate surface area is 129 Å². The second kappa shape index (κ2) is 7.92. The lowest BCUT2D eigenvalue weighted by Gasteiger charge is -2.31. The van der Waals surface area contributed by atoms with Gasteiger partial charge in [-0.05, 0) is 24.0 Å². The molecule has 0 radical (unpaired) electrons. The van der Waals surface area contributed by atoms with Gasteiger partial charge in [-0.3, -0.25) is 4.90 Å². The summed E-state index contributed by atoms with van der Waals surface area (Å²) in [6.45, 7) is 13.8. The summed E-state index contributed by atoms with van der Waals surface area (Å²) in [6.07, 6.45) is 0.361. The molecule has 1 N–H and O–H groups in total. The normalized spacial score (nSPS) is 21.7. The molecule has 1 aliphatic heterocycles. The van der Waals surface area contributed by atoms with E-state index in [1.807, 2.05) is 0 Å². The molecule has 0 amide bonds. The highest BCUT2D eigenvalue weighted by molar-refractivity contribution is 5.25. The van der Waals surface area contributed by atoms with Gasteiger partial charge in [-0.15, -0.1) is 0 Å². The number of hydrogen-bond donors (Lipinski definition) is 1. The van der Waals surface area contributed by atoms with Crippen molar-refractivity contribution in [3.05, 3.63) is 35.4 Å². The van der Waals surface area contributed by atoms with Gasteiger partial charge in [0.25, 0.3) is 0 Å². The second-order valence-corrected chi connectivity index (χ2v) is 6.62. The first-order valence-electron chi connectivity index (χ1n) is 8.20. The summed E-state index contributed by atoms with van der Waals surface area (Å²) in [6, 6.07) is 9.68. The largest absolute Gasteiger partial charge is 0.376 e. The summed E-state index contributed by atoms with van der Waals surface area (Å²) >= 11 is 0. The molecule has 2 rings (SSSR count). The average molecular weight is 290 g/mol. The van der Waals surface area contributed by atoms with Gasteiger partial charge in [-0.1, -0.05) is 45.0 Å². The minimum Gasteiger partial charge on any atom is -0.376 e. The highest BCUT2D eigenvalue weighted by Gasteiger charge is 2.16. The van der Waals surface area contributed by atoms with Gasteiger partial charge in [0.2, 0.25) is 0 Å². The molecule has 0 spiro atoms. The topological polar surface area (TPSA) is 24.5 Å². The minimum absolute atomic E-state index is 0.361. The molecule has 2 atom stereocenters. The lowest BCUT2D eigenvalue weighted by Crippen LogP contribution is -2.40. The molecular formula is C18H30N2O. The minimum atomic E-state index is 0.361. The Bertz CT molecular complexity index is 416. The molecule has 1 saturated heterocycles. The molecule has 1 heterocycles. The first kappa shape index (κ1) is 16.5. The number of hydrogen-bond acceptors (Lipinski definition) is 3. The second-order valence-electron chi connectivity index (χ2n) is 6.62. The van der Waals surface area contributed by atoms with E-state index in [1.165, 1.54) is 11.1 Å². The van der Waals surface area contributed by atoms with Gasteiger partial charge in [-0.25, -0.2) is 0 Å². The zero-order valence-corrected chi connectivity index (χ0v) is 13.9. The monoisotopic (exact) mass is 290 g/mol. The molecule has 0 aromatic heterocycles. The molecular weight excluding hydrogens is 260 g/mol. The van der Waals surface area contributed by atoms with Crippen LogP contribution in [0.1, 0.15) is 44.7 Å². The van der Waals surface area contributed by atoms with Crippen molar-refractivity contribution in [1.29, 1.82) is 0 Å². The standard InChI is InChI=1S/C18H30N2O/c1-14(2)19-11-15(3)18-7-5-17(6-8-18)13-20-9-10-21-16(4)12-20/h5-8,14-16,19H,9-13H2,1-4H3. The maximum Gasteiger partial charge on any atom is 0.0674 e. The van der Waals surface area contributed by atoms with E-state index in [1.54, 1.807) is 0 Å². The third-order valence-electron chi connectivity index (χ3n) is 4.11. The molecule has 3 heteroatoms. The third kappa shape index (κ3) is 5.42. The van der Waals surface area contributed by atoms with Gasteiger partial charge < -0.3 is 10.1 Å². The Kier molecular flexibility index (Phi) is 6.22. The summed E-state index contributed by atoms with van der Waals surface area (Å²) in [4.78, 5) is 2.48. The van der Waals surface area contributed by atoms with Gasteiger partial charge in [0.15, 0.2) is 0 Å². The van der Waals surface area contributed by atoms with Crippen LogP contribution < -0.4 is 5.32 Å². The Balaban J connectivity index is 1.86. The van der Waals surface area contributed by atoms with Crippen molar-refractivity contribution in [3.8, 4) is 0 Å². The SMILES string of the molecule is CC(C)NCC(C)c1ccc(CN2CCOC(C)C2)cc1. The number of benzene rings is 1. The molecule has 1 aromatic carbocycles. The van der Waals surface area contributed by atoms with Crippen molar-refractivity contribution in [1.82, 2.24) is 10.2 Å². The zero-order valence-electron chi connectivity index (χ0n) is 13.9. The molecule has 3 nitrogen and oxygen atoms in total. The fourth-order valence-corrected chi connectivity index (χ4v) is 2.77. The van der Waals surface area contributed by atoms with E-state index in [-0.39, 0.29) is 0 Å². The molecule has 0 aliphatic carbocycles. The first-order valence-corrected chi connectivity index (χ1v) is 8.20. The van der Waals surface area contributed by atoms with Crippen LogP contribution in [0.25, 0.3) is 0 Å². The van der Waals surface area contributed by atoms with Crippen molar-refractivity contribution < 1.29 is 4.74 Å². The fraction of sp³-hybridized carbons (Fsp3) is 0.667. The van der Waals surface area contributed by atoms with Crippen molar-refractivity contribution in [3.63, 3.8) is 0 Å². The number of ether oxygens (including phenoxy) is 1. The molecule has 21 heavy (non-hydrogen) atoms. The van der Waals surface area contributed by atoms with Crippen molar-refractivity contribution >= 4 is 0 Å². The molecule has 1 aliphatic rings. The Morgan fingerprint density at radius 3 is 2.57 bits per heavy atom. The zero-order chi connectivity index (χ0) is 15.2. The van der Waals surface area contributed by atoms with E-state index < -0.39 is 0 Å². The number of nitrogens with zero attached hydrogens (tertiary/aromatic N) is 1. The van der Waals surface area contributed by atoms with E-state index in [0.717, 1.165) is 32.8 Å². The predicted octanol–water partition coefficient (Wildman–Crippen LogP) is 3.01.